The standard InChI is InChI=1S/C21H26N2O3S/c1-15-11-16(2)13-18(12-15)26-9-7-22-20(24)17-5-3-8-23(14-17)21(25)19-6-4-10-27-19/h4,6,10-13,17H,3,5,7-9,14H2,1-2H3,(H,22,24). The van der Waals surface area contributed by atoms with Crippen molar-refractivity contribution in [3.63, 3.8) is 0 Å². The van der Waals surface area contributed by atoms with Gasteiger partial charge >= 0.3 is 0 Å². The Hall–Kier alpha value is -2.34. The van der Waals surface area contributed by atoms with Crippen molar-refractivity contribution < 1.29 is 14.3 Å². The summed E-state index contributed by atoms with van der Waals surface area (Å²) in [6, 6.07) is 9.79. The Balaban J connectivity index is 1.44. The fourth-order valence-corrected chi connectivity index (χ4v) is 4.13. The molecule has 6 heteroatoms. The number of nitrogens with zero attached hydrogens (tertiary/aromatic N) is 1. The van der Waals surface area contributed by atoms with Gasteiger partial charge in [0, 0.05) is 13.1 Å². The molecular formula is C21H26N2O3S. The van der Waals surface area contributed by atoms with Gasteiger partial charge < -0.3 is 15.0 Å². The number of rotatable bonds is 6. The Labute approximate surface area is 164 Å². The average molecular weight is 387 g/mol. The van der Waals surface area contributed by atoms with E-state index in [0.717, 1.165) is 41.1 Å². The molecule has 0 spiro atoms. The lowest BCUT2D eigenvalue weighted by Crippen LogP contribution is -2.45. The van der Waals surface area contributed by atoms with Crippen molar-refractivity contribution in [3.8, 4) is 5.75 Å². The Morgan fingerprint density at radius 3 is 2.74 bits per heavy atom. The van der Waals surface area contributed by atoms with E-state index in [0.29, 0.717) is 19.7 Å². The summed E-state index contributed by atoms with van der Waals surface area (Å²) in [6.07, 6.45) is 1.67. The second kappa shape index (κ2) is 9.04. The van der Waals surface area contributed by atoms with Crippen LogP contribution in [0.25, 0.3) is 0 Å². The van der Waals surface area contributed by atoms with Crippen LogP contribution in [0.15, 0.2) is 35.7 Å². The zero-order chi connectivity index (χ0) is 19.2. The summed E-state index contributed by atoms with van der Waals surface area (Å²) in [5, 5.41) is 4.85. The molecule has 1 aromatic carbocycles. The third kappa shape index (κ3) is 5.32. The largest absolute Gasteiger partial charge is 0.492 e. The topological polar surface area (TPSA) is 58.6 Å². The molecule has 27 heavy (non-hydrogen) atoms. The first-order chi connectivity index (χ1) is 13.0. The zero-order valence-electron chi connectivity index (χ0n) is 15.9. The van der Waals surface area contributed by atoms with Crippen molar-refractivity contribution in [2.75, 3.05) is 26.2 Å². The van der Waals surface area contributed by atoms with Gasteiger partial charge in [0.1, 0.15) is 12.4 Å². The highest BCUT2D eigenvalue weighted by molar-refractivity contribution is 7.12. The lowest BCUT2D eigenvalue weighted by atomic mass is 9.97. The van der Waals surface area contributed by atoms with Gasteiger partial charge in [-0.25, -0.2) is 0 Å². The first-order valence-electron chi connectivity index (χ1n) is 9.34. The number of likely N-dealkylation sites (tertiary alicyclic amines) is 1. The highest BCUT2D eigenvalue weighted by atomic mass is 32.1. The van der Waals surface area contributed by atoms with Gasteiger partial charge in [0.05, 0.1) is 17.3 Å². The molecule has 1 fully saturated rings. The summed E-state index contributed by atoms with van der Waals surface area (Å²) in [5.74, 6) is 0.708. The SMILES string of the molecule is Cc1cc(C)cc(OCCNC(=O)C2CCCN(C(=O)c3cccs3)C2)c1. The smallest absolute Gasteiger partial charge is 0.263 e. The third-order valence-electron chi connectivity index (χ3n) is 4.68. The van der Waals surface area contributed by atoms with Crippen molar-refractivity contribution in [3.05, 3.63) is 51.7 Å². The number of carbonyl (C=O) groups is 2. The van der Waals surface area contributed by atoms with Crippen LogP contribution in [0.5, 0.6) is 5.75 Å². The molecule has 1 aromatic heterocycles. The first kappa shape index (κ1) is 19.4. The van der Waals surface area contributed by atoms with E-state index in [4.69, 9.17) is 4.74 Å². The maximum absolute atomic E-state index is 12.5. The number of thiophene rings is 1. The van der Waals surface area contributed by atoms with Crippen molar-refractivity contribution in [1.29, 1.82) is 0 Å². The highest BCUT2D eigenvalue weighted by Gasteiger charge is 2.29. The molecular weight excluding hydrogens is 360 g/mol. The predicted molar refractivity (Wildman–Crippen MR) is 107 cm³/mol. The van der Waals surface area contributed by atoms with E-state index in [9.17, 15) is 9.59 Å². The molecule has 0 saturated carbocycles. The summed E-state index contributed by atoms with van der Waals surface area (Å²) in [6.45, 7) is 6.17. The van der Waals surface area contributed by atoms with Crippen molar-refractivity contribution in [1.82, 2.24) is 10.2 Å². The number of amides is 2. The van der Waals surface area contributed by atoms with E-state index >= 15 is 0 Å². The van der Waals surface area contributed by atoms with Gasteiger partial charge in [-0.15, -0.1) is 11.3 Å². The molecule has 1 unspecified atom stereocenters. The highest BCUT2D eigenvalue weighted by Crippen LogP contribution is 2.21. The molecule has 0 bridgehead atoms. The van der Waals surface area contributed by atoms with Gasteiger partial charge in [-0.1, -0.05) is 12.1 Å². The number of benzene rings is 1. The van der Waals surface area contributed by atoms with Gasteiger partial charge in [-0.3, -0.25) is 9.59 Å². The van der Waals surface area contributed by atoms with Crippen LogP contribution in [0.1, 0.15) is 33.6 Å². The van der Waals surface area contributed by atoms with E-state index in [1.165, 1.54) is 11.3 Å². The summed E-state index contributed by atoms with van der Waals surface area (Å²) < 4.78 is 5.74. The first-order valence-corrected chi connectivity index (χ1v) is 10.2. The predicted octanol–water partition coefficient (Wildman–Crippen LogP) is 3.41. The molecule has 1 saturated heterocycles. The van der Waals surface area contributed by atoms with Crippen molar-refractivity contribution >= 4 is 23.2 Å². The minimum absolute atomic E-state index is 0.00250. The fourth-order valence-electron chi connectivity index (χ4n) is 3.44. The van der Waals surface area contributed by atoms with Crippen LogP contribution in [-0.2, 0) is 4.79 Å². The van der Waals surface area contributed by atoms with Crippen LogP contribution >= 0.6 is 11.3 Å². The average Bonchev–Trinajstić information content (AvgIpc) is 3.18. The molecule has 1 aliphatic rings. The van der Waals surface area contributed by atoms with Gasteiger partial charge in [-0.05, 0) is 61.4 Å². The summed E-state index contributed by atoms with van der Waals surface area (Å²) >= 11 is 1.44. The minimum Gasteiger partial charge on any atom is -0.492 e. The maximum Gasteiger partial charge on any atom is 0.263 e. The molecule has 1 atom stereocenters. The molecule has 144 valence electrons. The number of nitrogens with one attached hydrogen (secondary N) is 1. The lowest BCUT2D eigenvalue weighted by Gasteiger charge is -2.31. The number of ether oxygens (including phenoxy) is 1. The van der Waals surface area contributed by atoms with Gasteiger partial charge in [0.25, 0.3) is 5.91 Å². The molecule has 3 rings (SSSR count). The van der Waals surface area contributed by atoms with Gasteiger partial charge in [-0.2, -0.15) is 0 Å². The molecule has 1 N–H and O–H groups in total. The van der Waals surface area contributed by atoms with E-state index in [1.807, 2.05) is 43.5 Å². The van der Waals surface area contributed by atoms with Crippen LogP contribution in [0.3, 0.4) is 0 Å². The van der Waals surface area contributed by atoms with Crippen molar-refractivity contribution in [2.24, 2.45) is 5.92 Å². The number of piperidine rings is 1. The normalized spacial score (nSPS) is 16.8. The fraction of sp³-hybridized carbons (Fsp3) is 0.429. The van der Waals surface area contributed by atoms with Crippen LogP contribution in [-0.4, -0.2) is 43.0 Å². The summed E-state index contributed by atoms with van der Waals surface area (Å²) in [5.41, 5.74) is 2.32. The van der Waals surface area contributed by atoms with E-state index < -0.39 is 0 Å². The molecule has 0 aliphatic carbocycles. The number of aryl methyl sites for hydroxylation is 2. The minimum atomic E-state index is -0.149. The molecule has 2 heterocycles. The van der Waals surface area contributed by atoms with E-state index in [2.05, 4.69) is 11.4 Å². The van der Waals surface area contributed by atoms with Gasteiger partial charge in [0.2, 0.25) is 5.91 Å². The molecule has 0 radical (unpaired) electrons. The molecule has 1 aliphatic heterocycles. The quantitative estimate of drug-likeness (QED) is 0.774. The molecule has 2 amide bonds. The monoisotopic (exact) mass is 386 g/mol. The second-order valence-corrected chi connectivity index (χ2v) is 7.98. The molecule has 5 nitrogen and oxygen atoms in total. The molecule has 2 aromatic rings. The van der Waals surface area contributed by atoms with E-state index in [1.54, 1.807) is 4.90 Å². The maximum atomic E-state index is 12.5. The van der Waals surface area contributed by atoms with Crippen LogP contribution in [0.2, 0.25) is 0 Å². The van der Waals surface area contributed by atoms with Crippen LogP contribution < -0.4 is 10.1 Å². The summed E-state index contributed by atoms with van der Waals surface area (Å²) in [7, 11) is 0. The lowest BCUT2D eigenvalue weighted by molar-refractivity contribution is -0.126. The Bertz CT molecular complexity index is 768. The van der Waals surface area contributed by atoms with E-state index in [-0.39, 0.29) is 17.7 Å². The van der Waals surface area contributed by atoms with Gasteiger partial charge in [0.15, 0.2) is 0 Å². The third-order valence-corrected chi connectivity index (χ3v) is 5.53. The number of carbonyl (C=O) groups excluding carboxylic acids is 2. The zero-order valence-corrected chi connectivity index (χ0v) is 16.7. The van der Waals surface area contributed by atoms with Crippen molar-refractivity contribution in [2.45, 2.75) is 26.7 Å². The number of hydrogen-bond acceptors (Lipinski definition) is 4. The Morgan fingerprint density at radius 1 is 1.26 bits per heavy atom. The second-order valence-electron chi connectivity index (χ2n) is 7.03. The number of hydrogen-bond donors (Lipinski definition) is 1. The Kier molecular flexibility index (Phi) is 6.50. The van der Waals surface area contributed by atoms with Crippen LogP contribution in [0.4, 0.5) is 0 Å². The van der Waals surface area contributed by atoms with Crippen LogP contribution in [0, 0.1) is 19.8 Å². The summed E-state index contributed by atoms with van der Waals surface area (Å²) in [4.78, 5) is 27.5. The Morgan fingerprint density at radius 2 is 2.04 bits per heavy atom.